The summed E-state index contributed by atoms with van der Waals surface area (Å²) < 4.78 is 5.93. The molecule has 0 saturated heterocycles. The Balaban J connectivity index is 2.49. The Morgan fingerprint density at radius 2 is 2.05 bits per heavy atom. The van der Waals surface area contributed by atoms with Crippen LogP contribution in [0.3, 0.4) is 0 Å². The van der Waals surface area contributed by atoms with Gasteiger partial charge in [0.15, 0.2) is 5.11 Å². The van der Waals surface area contributed by atoms with Crippen molar-refractivity contribution in [3.05, 3.63) is 45.6 Å². The van der Waals surface area contributed by atoms with Gasteiger partial charge in [-0.05, 0) is 36.3 Å². The lowest BCUT2D eigenvalue weighted by molar-refractivity contribution is -0.136. The molecule has 0 saturated carbocycles. The summed E-state index contributed by atoms with van der Waals surface area (Å²) in [5.41, 5.74) is 2.40. The van der Waals surface area contributed by atoms with E-state index in [-0.39, 0.29) is 12.0 Å². The normalized spacial score (nSPS) is 18.0. The Bertz CT molecular complexity index is 584. The van der Waals surface area contributed by atoms with Crippen LogP contribution in [0.1, 0.15) is 31.4 Å². The molecule has 0 spiro atoms. The molecule has 6 heteroatoms. The molecule has 4 nitrogen and oxygen atoms in total. The maximum absolute atomic E-state index is 12.2. The zero-order valence-corrected chi connectivity index (χ0v) is 14.3. The van der Waals surface area contributed by atoms with Crippen LogP contribution in [0.4, 0.5) is 0 Å². The molecule has 0 aromatic heterocycles. The summed E-state index contributed by atoms with van der Waals surface area (Å²) in [7, 11) is 1.39. The van der Waals surface area contributed by atoms with Gasteiger partial charge in [-0.15, -0.1) is 0 Å². The van der Waals surface area contributed by atoms with E-state index in [2.05, 4.69) is 33.5 Å². The van der Waals surface area contributed by atoms with Crippen molar-refractivity contribution in [2.45, 2.75) is 25.8 Å². The average Bonchev–Trinajstić information content (AvgIpc) is 2.47. The maximum atomic E-state index is 12.2. The number of hydrogen-bond acceptors (Lipinski definition) is 3. The van der Waals surface area contributed by atoms with E-state index in [0.717, 1.165) is 28.6 Å². The van der Waals surface area contributed by atoms with Crippen LogP contribution in [0.5, 0.6) is 0 Å². The van der Waals surface area contributed by atoms with E-state index in [4.69, 9.17) is 17.0 Å². The third-order valence-corrected chi connectivity index (χ3v) is 4.01. The lowest BCUT2D eigenvalue weighted by Gasteiger charge is -2.30. The van der Waals surface area contributed by atoms with Crippen molar-refractivity contribution in [1.82, 2.24) is 10.6 Å². The van der Waals surface area contributed by atoms with Crippen molar-refractivity contribution < 1.29 is 9.53 Å². The molecule has 0 radical (unpaired) electrons. The Hall–Kier alpha value is -1.40. The van der Waals surface area contributed by atoms with Gasteiger partial charge in [-0.2, -0.15) is 0 Å². The van der Waals surface area contributed by atoms with E-state index >= 15 is 0 Å². The first-order chi connectivity index (χ1) is 10.1. The largest absolute Gasteiger partial charge is 0.466 e. The Kier molecular flexibility index (Phi) is 5.36. The highest BCUT2D eigenvalue weighted by Gasteiger charge is 2.31. The molecule has 0 unspecified atom stereocenters. The standard InChI is InChI=1S/C15H17BrN2O2S/c1-3-4-11-12(14(19)20-2)13(18-15(21)17-11)9-5-7-10(16)8-6-9/h5-8,13H,3-4H2,1-2H3,(H2,17,18,21)/t13-/m0/s1. The first-order valence-corrected chi connectivity index (χ1v) is 7.91. The molecule has 21 heavy (non-hydrogen) atoms. The molecule has 0 fully saturated rings. The van der Waals surface area contributed by atoms with Crippen molar-refractivity contribution >= 4 is 39.2 Å². The molecule has 1 aliphatic rings. The van der Waals surface area contributed by atoms with Crippen LogP contribution in [0.2, 0.25) is 0 Å². The van der Waals surface area contributed by atoms with Crippen molar-refractivity contribution in [1.29, 1.82) is 0 Å². The van der Waals surface area contributed by atoms with Gasteiger partial charge >= 0.3 is 5.97 Å². The minimum atomic E-state index is -0.339. The third-order valence-electron chi connectivity index (χ3n) is 3.26. The van der Waals surface area contributed by atoms with Crippen molar-refractivity contribution in [2.75, 3.05) is 7.11 Å². The lowest BCUT2D eigenvalue weighted by Crippen LogP contribution is -2.45. The number of halogens is 1. The van der Waals surface area contributed by atoms with Gasteiger partial charge in [0.25, 0.3) is 0 Å². The van der Waals surface area contributed by atoms with Gasteiger partial charge in [0.1, 0.15) is 0 Å². The number of nitrogens with one attached hydrogen (secondary N) is 2. The van der Waals surface area contributed by atoms with E-state index < -0.39 is 0 Å². The minimum Gasteiger partial charge on any atom is -0.466 e. The van der Waals surface area contributed by atoms with Crippen molar-refractivity contribution in [3.8, 4) is 0 Å². The number of rotatable bonds is 4. The smallest absolute Gasteiger partial charge is 0.337 e. The van der Waals surface area contributed by atoms with Crippen LogP contribution in [0.15, 0.2) is 40.0 Å². The predicted octanol–water partition coefficient (Wildman–Crippen LogP) is 3.20. The SMILES string of the molecule is CCCC1=C(C(=O)OC)[C@H](c2ccc(Br)cc2)NC(=S)N1. The van der Waals surface area contributed by atoms with Crippen LogP contribution in [-0.4, -0.2) is 18.2 Å². The lowest BCUT2D eigenvalue weighted by atomic mass is 9.94. The van der Waals surface area contributed by atoms with E-state index in [1.54, 1.807) is 0 Å². The zero-order valence-electron chi connectivity index (χ0n) is 11.9. The molecule has 0 aliphatic carbocycles. The topological polar surface area (TPSA) is 50.4 Å². The molecule has 1 aliphatic heterocycles. The Morgan fingerprint density at radius 1 is 1.38 bits per heavy atom. The number of allylic oxidation sites excluding steroid dienone is 1. The molecule has 2 N–H and O–H groups in total. The summed E-state index contributed by atoms with van der Waals surface area (Å²) in [6.07, 6.45) is 1.66. The number of hydrogen-bond donors (Lipinski definition) is 2. The second-order valence-corrected chi connectivity index (χ2v) is 6.04. The summed E-state index contributed by atoms with van der Waals surface area (Å²) in [4.78, 5) is 12.2. The maximum Gasteiger partial charge on any atom is 0.337 e. The number of methoxy groups -OCH3 is 1. The molecule has 2 rings (SSSR count). The van der Waals surface area contributed by atoms with Gasteiger partial charge in [0.05, 0.1) is 18.7 Å². The highest BCUT2D eigenvalue weighted by atomic mass is 79.9. The molecule has 1 heterocycles. The minimum absolute atomic E-state index is 0.291. The first-order valence-electron chi connectivity index (χ1n) is 6.71. The summed E-state index contributed by atoms with van der Waals surface area (Å²) in [6.45, 7) is 2.06. The molecular weight excluding hydrogens is 352 g/mol. The number of carbonyl (C=O) groups excluding carboxylic acids is 1. The fourth-order valence-electron chi connectivity index (χ4n) is 2.32. The van der Waals surface area contributed by atoms with Gasteiger partial charge in [0, 0.05) is 10.2 Å². The predicted molar refractivity (Wildman–Crippen MR) is 89.7 cm³/mol. The molecule has 1 aromatic rings. The summed E-state index contributed by atoms with van der Waals surface area (Å²) in [5.74, 6) is -0.339. The Morgan fingerprint density at radius 3 is 2.62 bits per heavy atom. The second-order valence-electron chi connectivity index (χ2n) is 4.72. The van der Waals surface area contributed by atoms with Gasteiger partial charge < -0.3 is 15.4 Å². The van der Waals surface area contributed by atoms with Crippen LogP contribution in [0, 0.1) is 0 Å². The van der Waals surface area contributed by atoms with Crippen molar-refractivity contribution in [2.24, 2.45) is 0 Å². The Labute approximate surface area is 138 Å². The van der Waals surface area contributed by atoms with E-state index in [1.165, 1.54) is 7.11 Å². The van der Waals surface area contributed by atoms with Crippen molar-refractivity contribution in [3.63, 3.8) is 0 Å². The summed E-state index contributed by atoms with van der Waals surface area (Å²) in [5, 5.41) is 6.76. The van der Waals surface area contributed by atoms with E-state index in [1.807, 2.05) is 24.3 Å². The second kappa shape index (κ2) is 7.04. The molecule has 112 valence electrons. The quantitative estimate of drug-likeness (QED) is 0.631. The molecular formula is C15H17BrN2O2S. The van der Waals surface area contributed by atoms with E-state index in [0.29, 0.717) is 10.7 Å². The first kappa shape index (κ1) is 16.0. The average molecular weight is 369 g/mol. The monoisotopic (exact) mass is 368 g/mol. The van der Waals surface area contributed by atoms with Crippen LogP contribution in [0.25, 0.3) is 0 Å². The van der Waals surface area contributed by atoms with Gasteiger partial charge in [-0.3, -0.25) is 0 Å². The van der Waals surface area contributed by atoms with E-state index in [9.17, 15) is 4.79 Å². The number of thiocarbonyl (C=S) groups is 1. The fraction of sp³-hybridized carbons (Fsp3) is 0.333. The zero-order chi connectivity index (χ0) is 15.4. The number of benzene rings is 1. The highest BCUT2D eigenvalue weighted by Crippen LogP contribution is 2.29. The molecule has 0 amide bonds. The third kappa shape index (κ3) is 3.63. The van der Waals surface area contributed by atoms with Crippen LogP contribution < -0.4 is 10.6 Å². The van der Waals surface area contributed by atoms with Gasteiger partial charge in [-0.1, -0.05) is 41.4 Å². The van der Waals surface area contributed by atoms with Gasteiger partial charge in [0.2, 0.25) is 0 Å². The summed E-state index contributed by atoms with van der Waals surface area (Å²) >= 11 is 8.67. The fourth-order valence-corrected chi connectivity index (χ4v) is 2.83. The van der Waals surface area contributed by atoms with Crippen LogP contribution >= 0.6 is 28.1 Å². The molecule has 0 bridgehead atoms. The molecule has 1 atom stereocenters. The van der Waals surface area contributed by atoms with Gasteiger partial charge in [-0.25, -0.2) is 4.79 Å². The highest BCUT2D eigenvalue weighted by molar-refractivity contribution is 9.10. The number of carbonyl (C=O) groups is 1. The number of ether oxygens (including phenoxy) is 1. The van der Waals surface area contributed by atoms with Crippen LogP contribution in [-0.2, 0) is 9.53 Å². The summed E-state index contributed by atoms with van der Waals surface area (Å²) in [6, 6.07) is 7.51. The molecule has 1 aromatic carbocycles. The number of esters is 1.